The first-order valence-electron chi connectivity index (χ1n) is 8.11. The van der Waals surface area contributed by atoms with E-state index in [0.29, 0.717) is 37.9 Å². The van der Waals surface area contributed by atoms with Crippen LogP contribution in [0.25, 0.3) is 0 Å². The summed E-state index contributed by atoms with van der Waals surface area (Å²) >= 11 is 0. The lowest BCUT2D eigenvalue weighted by Crippen LogP contribution is -2.35. The maximum absolute atomic E-state index is 12.1. The Balaban J connectivity index is 1.56. The van der Waals surface area contributed by atoms with Crippen molar-refractivity contribution in [1.29, 1.82) is 0 Å². The molecule has 0 spiro atoms. The summed E-state index contributed by atoms with van der Waals surface area (Å²) in [7, 11) is -3.30. The molecule has 8 heteroatoms. The molecule has 0 amide bonds. The molecule has 128 valence electrons. The number of anilines is 1. The number of nitrogens with zero attached hydrogens (tertiary/aromatic N) is 4. The third kappa shape index (κ3) is 3.16. The number of aromatic nitrogens is 2. The Kier molecular flexibility index (Phi) is 3.80. The maximum atomic E-state index is 12.1. The fourth-order valence-electron chi connectivity index (χ4n) is 3.07. The van der Waals surface area contributed by atoms with Crippen LogP contribution < -0.4 is 4.31 Å². The Morgan fingerprint density at radius 1 is 1.25 bits per heavy atom. The van der Waals surface area contributed by atoms with E-state index in [1.165, 1.54) is 10.6 Å². The number of hydrogen-bond donors (Lipinski definition) is 0. The highest BCUT2D eigenvalue weighted by Crippen LogP contribution is 2.39. The van der Waals surface area contributed by atoms with Gasteiger partial charge >= 0.3 is 0 Å². The number of para-hydroxylation sites is 1. The van der Waals surface area contributed by atoms with Gasteiger partial charge in [0.05, 0.1) is 18.5 Å². The second-order valence-corrected chi connectivity index (χ2v) is 8.40. The van der Waals surface area contributed by atoms with Gasteiger partial charge in [0, 0.05) is 25.6 Å². The maximum Gasteiger partial charge on any atom is 0.232 e. The van der Waals surface area contributed by atoms with Gasteiger partial charge in [-0.3, -0.25) is 9.21 Å². The minimum Gasteiger partial charge on any atom is -0.339 e. The van der Waals surface area contributed by atoms with E-state index in [9.17, 15) is 8.42 Å². The molecule has 0 unspecified atom stereocenters. The van der Waals surface area contributed by atoms with Crippen molar-refractivity contribution in [2.24, 2.45) is 0 Å². The molecule has 0 bridgehead atoms. The average Bonchev–Trinajstić information content (AvgIpc) is 3.30. The lowest BCUT2D eigenvalue weighted by Gasteiger charge is -2.22. The summed E-state index contributed by atoms with van der Waals surface area (Å²) < 4.78 is 31.0. The van der Waals surface area contributed by atoms with Gasteiger partial charge in [-0.25, -0.2) is 8.42 Å². The molecule has 1 aliphatic heterocycles. The molecule has 24 heavy (non-hydrogen) atoms. The van der Waals surface area contributed by atoms with Gasteiger partial charge in [0.15, 0.2) is 5.82 Å². The van der Waals surface area contributed by atoms with Crippen molar-refractivity contribution in [2.45, 2.75) is 31.8 Å². The molecular weight excluding hydrogens is 328 g/mol. The fraction of sp³-hybridized carbons (Fsp3) is 0.500. The van der Waals surface area contributed by atoms with E-state index >= 15 is 0 Å². The molecule has 1 aliphatic carbocycles. The monoisotopic (exact) mass is 348 g/mol. The second-order valence-electron chi connectivity index (χ2n) is 6.50. The SMILES string of the molecule is CS(=O)(=O)N1CCN(Cc2noc(C3CC3)n2)Cc2ccccc21. The highest BCUT2D eigenvalue weighted by Gasteiger charge is 2.30. The predicted octanol–water partition coefficient (Wildman–Crippen LogP) is 1.73. The van der Waals surface area contributed by atoms with E-state index in [0.717, 1.165) is 30.0 Å². The summed E-state index contributed by atoms with van der Waals surface area (Å²) in [5, 5.41) is 4.07. The topological polar surface area (TPSA) is 79.5 Å². The van der Waals surface area contributed by atoms with Crippen molar-refractivity contribution in [3.05, 3.63) is 41.5 Å². The van der Waals surface area contributed by atoms with E-state index in [1.54, 1.807) is 0 Å². The Hall–Kier alpha value is -1.93. The zero-order valence-corrected chi connectivity index (χ0v) is 14.4. The van der Waals surface area contributed by atoms with Crippen molar-refractivity contribution < 1.29 is 12.9 Å². The van der Waals surface area contributed by atoms with Crippen molar-refractivity contribution >= 4 is 15.7 Å². The summed E-state index contributed by atoms with van der Waals surface area (Å²) in [5.41, 5.74) is 1.75. The third-order valence-electron chi connectivity index (χ3n) is 4.45. The molecule has 1 aromatic heterocycles. The number of rotatable bonds is 4. The molecule has 4 rings (SSSR count). The minimum absolute atomic E-state index is 0.420. The largest absolute Gasteiger partial charge is 0.339 e. The number of fused-ring (bicyclic) bond motifs is 1. The van der Waals surface area contributed by atoms with E-state index in [2.05, 4.69) is 15.0 Å². The van der Waals surface area contributed by atoms with Crippen LogP contribution in [0.4, 0.5) is 5.69 Å². The first-order valence-corrected chi connectivity index (χ1v) is 9.96. The van der Waals surface area contributed by atoms with Crippen LogP contribution in [-0.2, 0) is 23.1 Å². The molecule has 1 saturated carbocycles. The van der Waals surface area contributed by atoms with Crippen LogP contribution in [0.2, 0.25) is 0 Å². The molecule has 7 nitrogen and oxygen atoms in total. The predicted molar refractivity (Wildman–Crippen MR) is 89.0 cm³/mol. The van der Waals surface area contributed by atoms with Crippen LogP contribution in [0.1, 0.15) is 36.0 Å². The zero-order valence-electron chi connectivity index (χ0n) is 13.6. The van der Waals surface area contributed by atoms with E-state index in [1.807, 2.05) is 24.3 Å². The van der Waals surface area contributed by atoms with Crippen LogP contribution >= 0.6 is 0 Å². The van der Waals surface area contributed by atoms with Gasteiger partial charge in [-0.05, 0) is 24.5 Å². The van der Waals surface area contributed by atoms with Crippen molar-refractivity contribution in [3.63, 3.8) is 0 Å². The summed E-state index contributed by atoms with van der Waals surface area (Å²) in [4.78, 5) is 6.63. The molecule has 0 N–H and O–H groups in total. The smallest absolute Gasteiger partial charge is 0.232 e. The van der Waals surface area contributed by atoms with Gasteiger partial charge in [-0.2, -0.15) is 4.98 Å². The summed E-state index contributed by atoms with van der Waals surface area (Å²) in [6, 6.07) is 7.63. The van der Waals surface area contributed by atoms with Crippen molar-refractivity contribution in [3.8, 4) is 0 Å². The van der Waals surface area contributed by atoms with Gasteiger partial charge in [-0.15, -0.1) is 0 Å². The molecule has 1 fully saturated rings. The van der Waals surface area contributed by atoms with E-state index in [4.69, 9.17) is 4.52 Å². The molecular formula is C16H20N4O3S. The molecule has 2 heterocycles. The molecule has 0 radical (unpaired) electrons. The van der Waals surface area contributed by atoms with Gasteiger partial charge in [0.1, 0.15) is 0 Å². The van der Waals surface area contributed by atoms with Gasteiger partial charge in [0.25, 0.3) is 0 Å². The third-order valence-corrected chi connectivity index (χ3v) is 5.63. The quantitative estimate of drug-likeness (QED) is 0.837. The summed E-state index contributed by atoms with van der Waals surface area (Å²) in [6.45, 7) is 2.26. The van der Waals surface area contributed by atoms with Crippen LogP contribution in [-0.4, -0.2) is 42.8 Å². The minimum atomic E-state index is -3.30. The van der Waals surface area contributed by atoms with Crippen LogP contribution in [0.3, 0.4) is 0 Å². The van der Waals surface area contributed by atoms with Gasteiger partial charge in [0.2, 0.25) is 15.9 Å². The lowest BCUT2D eigenvalue weighted by molar-refractivity contribution is 0.258. The molecule has 0 saturated heterocycles. The van der Waals surface area contributed by atoms with Crippen LogP contribution in [0, 0.1) is 0 Å². The average molecular weight is 348 g/mol. The molecule has 1 aromatic carbocycles. The van der Waals surface area contributed by atoms with Crippen molar-refractivity contribution in [2.75, 3.05) is 23.7 Å². The van der Waals surface area contributed by atoms with E-state index in [-0.39, 0.29) is 0 Å². The number of sulfonamides is 1. The number of hydrogen-bond acceptors (Lipinski definition) is 6. The first-order chi connectivity index (χ1) is 11.5. The van der Waals surface area contributed by atoms with E-state index < -0.39 is 10.0 Å². The normalized spacial score (nSPS) is 19.1. The molecule has 2 aliphatic rings. The summed E-state index contributed by atoms with van der Waals surface area (Å²) in [5.74, 6) is 1.84. The van der Waals surface area contributed by atoms with Gasteiger partial charge in [-0.1, -0.05) is 23.4 Å². The Bertz CT molecular complexity index is 845. The lowest BCUT2D eigenvalue weighted by atomic mass is 10.2. The van der Waals surface area contributed by atoms with Crippen LogP contribution in [0.15, 0.2) is 28.8 Å². The summed E-state index contributed by atoms with van der Waals surface area (Å²) in [6.07, 6.45) is 3.50. The second kappa shape index (κ2) is 5.86. The van der Waals surface area contributed by atoms with Gasteiger partial charge < -0.3 is 4.52 Å². The fourth-order valence-corrected chi connectivity index (χ4v) is 4.02. The molecule has 0 atom stereocenters. The highest BCUT2D eigenvalue weighted by atomic mass is 32.2. The first kappa shape index (κ1) is 15.6. The Morgan fingerprint density at radius 2 is 2.04 bits per heavy atom. The Labute approximate surface area is 141 Å². The Morgan fingerprint density at radius 3 is 2.79 bits per heavy atom. The zero-order chi connectivity index (χ0) is 16.7. The molecule has 2 aromatic rings. The number of benzene rings is 1. The standard InChI is InChI=1S/C16H20N4O3S/c1-24(21,22)20-9-8-19(10-13-4-2-3-5-14(13)20)11-15-17-16(23-18-15)12-6-7-12/h2-5,12H,6-11H2,1H3. The highest BCUT2D eigenvalue weighted by molar-refractivity contribution is 7.92. The van der Waals surface area contributed by atoms with Crippen LogP contribution in [0.5, 0.6) is 0 Å². The van der Waals surface area contributed by atoms with Crippen molar-refractivity contribution in [1.82, 2.24) is 15.0 Å².